The third-order valence-electron chi connectivity index (χ3n) is 6.37. The Bertz CT molecular complexity index is 990. The maximum absolute atomic E-state index is 12.5. The third kappa shape index (κ3) is 7.31. The van der Waals surface area contributed by atoms with E-state index >= 15 is 0 Å². The summed E-state index contributed by atoms with van der Waals surface area (Å²) in [6.07, 6.45) is 1.20. The number of hydrogen-bond donors (Lipinski definition) is 2. The zero-order valence-electron chi connectivity index (χ0n) is 20.8. The Hall–Kier alpha value is -3.35. The van der Waals surface area contributed by atoms with E-state index in [9.17, 15) is 14.4 Å². The minimum absolute atomic E-state index is 0.0256. The molecule has 2 N–H and O–H groups in total. The zero-order chi connectivity index (χ0) is 25.4. The minimum Gasteiger partial charge on any atom is -0.480 e. The van der Waals surface area contributed by atoms with Crippen molar-refractivity contribution < 1.29 is 24.2 Å². The lowest BCUT2D eigenvalue weighted by Gasteiger charge is -2.23. The number of fused-ring (bicyclic) bond motifs is 3. The number of nitrogens with zero attached hydrogens (tertiary/aromatic N) is 1. The largest absolute Gasteiger partial charge is 0.480 e. The second-order valence-corrected chi connectivity index (χ2v) is 9.75. The van der Waals surface area contributed by atoms with Gasteiger partial charge >= 0.3 is 12.1 Å². The summed E-state index contributed by atoms with van der Waals surface area (Å²) in [7, 11) is 0. The zero-order valence-corrected chi connectivity index (χ0v) is 20.8. The van der Waals surface area contributed by atoms with Crippen LogP contribution in [0.15, 0.2) is 48.5 Å². The number of carboxylic acids is 1. The number of amides is 2. The average molecular weight is 481 g/mol. The molecule has 188 valence electrons. The molecule has 7 heteroatoms. The second-order valence-electron chi connectivity index (χ2n) is 9.75. The highest BCUT2D eigenvalue weighted by molar-refractivity contribution is 5.81. The highest BCUT2D eigenvalue weighted by Gasteiger charge is 2.29. The molecule has 3 rings (SSSR count). The molecule has 0 heterocycles. The van der Waals surface area contributed by atoms with Crippen molar-refractivity contribution >= 4 is 18.0 Å². The molecule has 0 bridgehead atoms. The van der Waals surface area contributed by atoms with E-state index in [1.165, 1.54) is 27.2 Å². The molecule has 1 atom stereocenters. The molecule has 35 heavy (non-hydrogen) atoms. The topological polar surface area (TPSA) is 95.9 Å². The van der Waals surface area contributed by atoms with Crippen molar-refractivity contribution in [2.75, 3.05) is 26.2 Å². The monoisotopic (exact) mass is 480 g/mol. The number of rotatable bonds is 12. The Kier molecular flexibility index (Phi) is 9.29. The molecule has 2 amide bonds. The Morgan fingerprint density at radius 3 is 2.14 bits per heavy atom. The highest BCUT2D eigenvalue weighted by Crippen LogP contribution is 2.44. The van der Waals surface area contributed by atoms with Gasteiger partial charge in [-0.05, 0) is 46.9 Å². The van der Waals surface area contributed by atoms with E-state index in [0.717, 1.165) is 0 Å². The summed E-state index contributed by atoms with van der Waals surface area (Å²) in [6.45, 7) is 6.84. The third-order valence-corrected chi connectivity index (χ3v) is 6.37. The number of carboxylic acid groups (broad SMARTS) is 1. The summed E-state index contributed by atoms with van der Waals surface area (Å²) in [6, 6.07) is 16.4. The van der Waals surface area contributed by atoms with Gasteiger partial charge in [-0.25, -0.2) is 4.79 Å². The molecule has 2 aromatic carbocycles. The van der Waals surface area contributed by atoms with Crippen molar-refractivity contribution in [3.63, 3.8) is 0 Å². The van der Waals surface area contributed by atoms with E-state index in [2.05, 4.69) is 29.6 Å². The number of nitrogens with one attached hydrogen (secondary N) is 1. The normalized spacial score (nSPS) is 13.1. The van der Waals surface area contributed by atoms with Gasteiger partial charge in [0.1, 0.15) is 13.2 Å². The lowest BCUT2D eigenvalue weighted by molar-refractivity contribution is -0.144. The molecule has 2 aromatic rings. The average Bonchev–Trinajstić information content (AvgIpc) is 3.14. The fourth-order valence-electron chi connectivity index (χ4n) is 4.60. The molecule has 0 spiro atoms. The Balaban J connectivity index is 1.40. The van der Waals surface area contributed by atoms with Crippen LogP contribution in [0.5, 0.6) is 0 Å². The number of hydrogen-bond acceptors (Lipinski definition) is 4. The van der Waals surface area contributed by atoms with Gasteiger partial charge in [0.2, 0.25) is 5.91 Å². The summed E-state index contributed by atoms with van der Waals surface area (Å²) >= 11 is 0. The van der Waals surface area contributed by atoms with E-state index in [0.29, 0.717) is 32.4 Å². The van der Waals surface area contributed by atoms with E-state index in [1.807, 2.05) is 45.0 Å². The molecular weight excluding hydrogens is 444 g/mol. The SMILES string of the molecule is CC(C)CN(CC(=O)O)C(=O)CCC(C)CCNC(=O)OCC1c2ccccc2-c2ccccc21. The highest BCUT2D eigenvalue weighted by atomic mass is 16.5. The van der Waals surface area contributed by atoms with Gasteiger partial charge in [0.05, 0.1) is 0 Å². The van der Waals surface area contributed by atoms with Crippen LogP contribution in [0.1, 0.15) is 57.1 Å². The van der Waals surface area contributed by atoms with Crippen LogP contribution in [0.4, 0.5) is 4.79 Å². The lowest BCUT2D eigenvalue weighted by Crippen LogP contribution is -2.38. The number of carbonyl (C=O) groups excluding carboxylic acids is 2. The van der Waals surface area contributed by atoms with E-state index < -0.39 is 12.1 Å². The summed E-state index contributed by atoms with van der Waals surface area (Å²) in [4.78, 5) is 37.2. The van der Waals surface area contributed by atoms with Crippen molar-refractivity contribution in [1.82, 2.24) is 10.2 Å². The van der Waals surface area contributed by atoms with Gasteiger partial charge < -0.3 is 20.1 Å². The standard InChI is InChI=1S/C28H36N2O5/c1-19(2)16-30(17-27(32)33)26(31)13-12-20(3)14-15-29-28(34)35-18-25-23-10-6-4-8-21(23)22-9-5-7-11-24(22)25/h4-11,19-20,25H,12-18H2,1-3H3,(H,29,34)(H,32,33). The van der Waals surface area contributed by atoms with Crippen molar-refractivity contribution in [3.05, 3.63) is 59.7 Å². The number of benzene rings is 2. The Labute approximate surface area is 207 Å². The summed E-state index contributed by atoms with van der Waals surface area (Å²) in [5.41, 5.74) is 4.73. The number of carbonyl (C=O) groups is 3. The van der Waals surface area contributed by atoms with Gasteiger partial charge in [-0.15, -0.1) is 0 Å². The smallest absolute Gasteiger partial charge is 0.407 e. The molecule has 0 saturated heterocycles. The summed E-state index contributed by atoms with van der Waals surface area (Å²) in [5, 5.41) is 11.9. The van der Waals surface area contributed by atoms with E-state index in [1.54, 1.807) is 0 Å². The van der Waals surface area contributed by atoms with Crippen molar-refractivity contribution in [1.29, 1.82) is 0 Å². The first-order valence-corrected chi connectivity index (χ1v) is 12.3. The predicted octanol–water partition coefficient (Wildman–Crippen LogP) is 4.90. The van der Waals surface area contributed by atoms with Crippen LogP contribution in [0.25, 0.3) is 11.1 Å². The van der Waals surface area contributed by atoms with Gasteiger partial charge in [0.25, 0.3) is 0 Å². The Morgan fingerprint density at radius 1 is 0.971 bits per heavy atom. The minimum atomic E-state index is -1.00. The van der Waals surface area contributed by atoms with Crippen LogP contribution < -0.4 is 5.32 Å². The first kappa shape index (κ1) is 26.3. The molecular formula is C28H36N2O5. The molecule has 0 aromatic heterocycles. The molecule has 0 fully saturated rings. The van der Waals surface area contributed by atoms with Crippen molar-refractivity contribution in [3.8, 4) is 11.1 Å². The number of aliphatic carboxylic acids is 1. The van der Waals surface area contributed by atoms with Crippen LogP contribution in [-0.4, -0.2) is 54.2 Å². The van der Waals surface area contributed by atoms with Gasteiger partial charge in [0, 0.05) is 25.4 Å². The van der Waals surface area contributed by atoms with Crippen molar-refractivity contribution in [2.45, 2.75) is 46.0 Å². The fourth-order valence-corrected chi connectivity index (χ4v) is 4.60. The van der Waals surface area contributed by atoms with E-state index in [-0.39, 0.29) is 36.8 Å². The van der Waals surface area contributed by atoms with Gasteiger partial charge in [0.15, 0.2) is 0 Å². The van der Waals surface area contributed by atoms with Gasteiger partial charge in [-0.3, -0.25) is 9.59 Å². The molecule has 1 aliphatic rings. The van der Waals surface area contributed by atoms with E-state index in [4.69, 9.17) is 9.84 Å². The maximum Gasteiger partial charge on any atom is 0.407 e. The van der Waals surface area contributed by atoms with Crippen molar-refractivity contribution in [2.24, 2.45) is 11.8 Å². The molecule has 0 saturated carbocycles. The summed E-state index contributed by atoms with van der Waals surface area (Å²) < 4.78 is 5.56. The molecule has 0 radical (unpaired) electrons. The van der Waals surface area contributed by atoms with Crippen LogP contribution >= 0.6 is 0 Å². The lowest BCUT2D eigenvalue weighted by atomic mass is 9.98. The maximum atomic E-state index is 12.5. The molecule has 7 nitrogen and oxygen atoms in total. The van der Waals surface area contributed by atoms with Crippen LogP contribution in [0, 0.1) is 11.8 Å². The number of ether oxygens (including phenoxy) is 1. The van der Waals surface area contributed by atoms with Crippen LogP contribution in [0.3, 0.4) is 0 Å². The molecule has 0 aliphatic heterocycles. The quantitative estimate of drug-likeness (QED) is 0.450. The second kappa shape index (κ2) is 12.4. The first-order chi connectivity index (χ1) is 16.8. The number of alkyl carbamates (subject to hydrolysis) is 1. The fraction of sp³-hybridized carbons (Fsp3) is 0.464. The Morgan fingerprint density at radius 2 is 1.57 bits per heavy atom. The first-order valence-electron chi connectivity index (χ1n) is 12.3. The van der Waals surface area contributed by atoms with Gasteiger partial charge in [-0.2, -0.15) is 0 Å². The molecule has 1 aliphatic carbocycles. The van der Waals surface area contributed by atoms with Gasteiger partial charge in [-0.1, -0.05) is 69.3 Å². The van der Waals surface area contributed by atoms with Crippen LogP contribution in [-0.2, 0) is 14.3 Å². The summed E-state index contributed by atoms with van der Waals surface area (Å²) in [5.74, 6) is -0.704. The predicted molar refractivity (Wildman–Crippen MR) is 135 cm³/mol. The van der Waals surface area contributed by atoms with Crippen LogP contribution in [0.2, 0.25) is 0 Å². The molecule has 1 unspecified atom stereocenters.